The molecular weight excluding hydrogens is 322 g/mol. The van der Waals surface area contributed by atoms with Crippen LogP contribution < -0.4 is 5.32 Å². The number of hydrogen-bond acceptors (Lipinski definition) is 4. The summed E-state index contributed by atoms with van der Waals surface area (Å²) in [7, 11) is 1.72. The van der Waals surface area contributed by atoms with Crippen LogP contribution in [-0.4, -0.2) is 78.9 Å². The summed E-state index contributed by atoms with van der Waals surface area (Å²) in [6.45, 7) is 5.17. The lowest BCUT2D eigenvalue weighted by Gasteiger charge is -2.42. The van der Waals surface area contributed by atoms with Gasteiger partial charge in [-0.2, -0.15) is 0 Å². The Morgan fingerprint density at radius 1 is 1.32 bits per heavy atom. The van der Waals surface area contributed by atoms with Crippen LogP contribution in [0.1, 0.15) is 45.4 Å². The molecule has 0 spiro atoms. The van der Waals surface area contributed by atoms with E-state index < -0.39 is 5.97 Å². The molecule has 25 heavy (non-hydrogen) atoms. The molecule has 0 aromatic rings. The highest BCUT2D eigenvalue weighted by Gasteiger charge is 2.35. The zero-order chi connectivity index (χ0) is 18.2. The molecule has 1 aliphatic carbocycles. The molecule has 144 valence electrons. The standard InChI is InChI=1S/C18H33N3O4/c1-3-20(13-17(22)23)16-10-15(11-16)19-18(24)21-8-5-4-6-14(12-21)7-9-25-2/h14-16H,3-13H2,1-2H3,(H,19,24)(H,22,23). The van der Waals surface area contributed by atoms with Gasteiger partial charge in [0, 0.05) is 38.9 Å². The summed E-state index contributed by atoms with van der Waals surface area (Å²) in [5, 5.41) is 12.1. The first kappa shape index (κ1) is 20.0. The highest BCUT2D eigenvalue weighted by molar-refractivity contribution is 5.74. The second-order valence-corrected chi connectivity index (χ2v) is 7.32. The predicted molar refractivity (Wildman–Crippen MR) is 95.6 cm³/mol. The minimum absolute atomic E-state index is 0.0362. The van der Waals surface area contributed by atoms with E-state index in [2.05, 4.69) is 5.32 Å². The number of carboxylic acids is 1. The van der Waals surface area contributed by atoms with Gasteiger partial charge in [0.05, 0.1) is 6.54 Å². The minimum atomic E-state index is -0.791. The molecular formula is C18H33N3O4. The Morgan fingerprint density at radius 2 is 2.08 bits per heavy atom. The molecule has 1 unspecified atom stereocenters. The summed E-state index contributed by atoms with van der Waals surface area (Å²) < 4.78 is 5.18. The number of nitrogens with zero attached hydrogens (tertiary/aromatic N) is 2. The van der Waals surface area contributed by atoms with E-state index in [0.29, 0.717) is 5.92 Å². The van der Waals surface area contributed by atoms with Crippen molar-refractivity contribution in [2.75, 3.05) is 39.9 Å². The average molecular weight is 355 g/mol. The van der Waals surface area contributed by atoms with Crippen LogP contribution >= 0.6 is 0 Å². The van der Waals surface area contributed by atoms with Gasteiger partial charge in [-0.15, -0.1) is 0 Å². The summed E-state index contributed by atoms with van der Waals surface area (Å²) >= 11 is 0. The fourth-order valence-electron chi connectivity index (χ4n) is 3.88. The fourth-order valence-corrected chi connectivity index (χ4v) is 3.88. The SMILES string of the molecule is CCN(CC(=O)O)C1CC(NC(=O)N2CCCCC(CCOC)C2)C1. The normalized spacial score (nSPS) is 26.8. The van der Waals surface area contributed by atoms with Crippen LogP contribution in [0.25, 0.3) is 0 Å². The fraction of sp³-hybridized carbons (Fsp3) is 0.889. The monoisotopic (exact) mass is 355 g/mol. The van der Waals surface area contributed by atoms with E-state index in [1.54, 1.807) is 7.11 Å². The van der Waals surface area contributed by atoms with Gasteiger partial charge in [-0.1, -0.05) is 13.3 Å². The van der Waals surface area contributed by atoms with E-state index in [4.69, 9.17) is 9.84 Å². The van der Waals surface area contributed by atoms with Crippen molar-refractivity contribution in [1.82, 2.24) is 15.1 Å². The molecule has 0 bridgehead atoms. The van der Waals surface area contributed by atoms with E-state index in [1.165, 1.54) is 12.8 Å². The molecule has 0 aromatic carbocycles. The molecule has 1 atom stereocenters. The summed E-state index contributed by atoms with van der Waals surface area (Å²) in [6.07, 6.45) is 6.09. The maximum Gasteiger partial charge on any atom is 0.317 e. The zero-order valence-corrected chi connectivity index (χ0v) is 15.6. The third-order valence-corrected chi connectivity index (χ3v) is 5.49. The Hall–Kier alpha value is -1.34. The number of amides is 2. The lowest BCUT2D eigenvalue weighted by molar-refractivity contribution is -0.139. The molecule has 2 N–H and O–H groups in total. The first-order chi connectivity index (χ1) is 12.0. The largest absolute Gasteiger partial charge is 0.480 e. The minimum Gasteiger partial charge on any atom is -0.480 e. The third-order valence-electron chi connectivity index (χ3n) is 5.49. The Morgan fingerprint density at radius 3 is 2.72 bits per heavy atom. The molecule has 0 radical (unpaired) electrons. The number of aliphatic carboxylic acids is 1. The van der Waals surface area contributed by atoms with Gasteiger partial charge in [0.25, 0.3) is 0 Å². The molecule has 7 heteroatoms. The molecule has 1 heterocycles. The van der Waals surface area contributed by atoms with E-state index >= 15 is 0 Å². The summed E-state index contributed by atoms with van der Waals surface area (Å²) in [5.41, 5.74) is 0. The number of likely N-dealkylation sites (tertiary alicyclic amines) is 1. The molecule has 0 aromatic heterocycles. The first-order valence-electron chi connectivity index (χ1n) is 9.53. The molecule has 1 aliphatic heterocycles. The topological polar surface area (TPSA) is 82.1 Å². The Kier molecular flexibility index (Phi) is 7.96. The number of methoxy groups -OCH3 is 1. The summed E-state index contributed by atoms with van der Waals surface area (Å²) in [4.78, 5) is 27.4. The van der Waals surface area contributed by atoms with Crippen LogP contribution in [0, 0.1) is 5.92 Å². The second-order valence-electron chi connectivity index (χ2n) is 7.32. The van der Waals surface area contributed by atoms with Crippen molar-refractivity contribution in [2.24, 2.45) is 5.92 Å². The number of carboxylic acid groups (broad SMARTS) is 1. The third kappa shape index (κ3) is 6.15. The van der Waals surface area contributed by atoms with Gasteiger partial charge >= 0.3 is 12.0 Å². The number of hydrogen-bond donors (Lipinski definition) is 2. The highest BCUT2D eigenvalue weighted by atomic mass is 16.5. The summed E-state index contributed by atoms with van der Waals surface area (Å²) in [5.74, 6) is -0.269. The molecule has 2 aliphatic rings. The van der Waals surface area contributed by atoms with Gasteiger partial charge < -0.3 is 20.1 Å². The van der Waals surface area contributed by atoms with Gasteiger partial charge in [-0.25, -0.2) is 4.79 Å². The molecule has 1 saturated heterocycles. The van der Waals surface area contributed by atoms with Gasteiger partial charge in [-0.05, 0) is 44.6 Å². The highest BCUT2D eigenvalue weighted by Crippen LogP contribution is 2.26. The quantitative estimate of drug-likeness (QED) is 0.693. The van der Waals surface area contributed by atoms with Crippen molar-refractivity contribution in [3.8, 4) is 0 Å². The Labute approximate surface area is 150 Å². The van der Waals surface area contributed by atoms with Crippen molar-refractivity contribution in [2.45, 2.75) is 57.5 Å². The molecule has 2 amide bonds. The Balaban J connectivity index is 1.75. The summed E-state index contributed by atoms with van der Waals surface area (Å²) in [6, 6.07) is 0.472. The smallest absolute Gasteiger partial charge is 0.317 e. The van der Waals surface area contributed by atoms with E-state index in [9.17, 15) is 9.59 Å². The molecule has 7 nitrogen and oxygen atoms in total. The maximum atomic E-state index is 12.6. The lowest BCUT2D eigenvalue weighted by Crippen LogP contribution is -2.57. The lowest BCUT2D eigenvalue weighted by atomic mass is 9.85. The second kappa shape index (κ2) is 9.97. The number of rotatable bonds is 8. The number of likely N-dealkylation sites (N-methyl/N-ethyl adjacent to an activating group) is 1. The van der Waals surface area contributed by atoms with Crippen LogP contribution in [0.4, 0.5) is 4.79 Å². The van der Waals surface area contributed by atoms with E-state index in [-0.39, 0.29) is 24.7 Å². The van der Waals surface area contributed by atoms with Gasteiger partial charge in [0.1, 0.15) is 0 Å². The number of ether oxygens (including phenoxy) is 1. The van der Waals surface area contributed by atoms with Crippen LogP contribution in [-0.2, 0) is 9.53 Å². The number of urea groups is 1. The predicted octanol–water partition coefficient (Wildman–Crippen LogP) is 1.77. The van der Waals surface area contributed by atoms with E-state index in [1.807, 2.05) is 16.7 Å². The van der Waals surface area contributed by atoms with Crippen molar-refractivity contribution in [3.63, 3.8) is 0 Å². The zero-order valence-electron chi connectivity index (χ0n) is 15.6. The van der Waals surface area contributed by atoms with Crippen LogP contribution in [0.3, 0.4) is 0 Å². The van der Waals surface area contributed by atoms with Crippen LogP contribution in [0.5, 0.6) is 0 Å². The van der Waals surface area contributed by atoms with Crippen molar-refractivity contribution < 1.29 is 19.4 Å². The molecule has 2 fully saturated rings. The van der Waals surface area contributed by atoms with Crippen molar-refractivity contribution in [1.29, 1.82) is 0 Å². The molecule has 2 rings (SSSR count). The number of carbonyl (C=O) groups excluding carboxylic acids is 1. The van der Waals surface area contributed by atoms with Crippen LogP contribution in [0.2, 0.25) is 0 Å². The van der Waals surface area contributed by atoms with Crippen LogP contribution in [0.15, 0.2) is 0 Å². The van der Waals surface area contributed by atoms with E-state index in [0.717, 1.165) is 51.9 Å². The average Bonchev–Trinajstić information content (AvgIpc) is 2.79. The number of nitrogens with one attached hydrogen (secondary N) is 1. The maximum absolute atomic E-state index is 12.6. The van der Waals surface area contributed by atoms with Gasteiger partial charge in [0.2, 0.25) is 0 Å². The number of carbonyl (C=O) groups is 2. The van der Waals surface area contributed by atoms with Crippen molar-refractivity contribution in [3.05, 3.63) is 0 Å². The first-order valence-corrected chi connectivity index (χ1v) is 9.53. The molecule has 1 saturated carbocycles. The Bertz CT molecular complexity index is 440. The van der Waals surface area contributed by atoms with Crippen molar-refractivity contribution >= 4 is 12.0 Å². The van der Waals surface area contributed by atoms with Gasteiger partial charge in [0.15, 0.2) is 0 Å². The van der Waals surface area contributed by atoms with Gasteiger partial charge in [-0.3, -0.25) is 9.69 Å².